The molecule has 4 atom stereocenters. The molecule has 12 heavy (non-hydrogen) atoms. The summed E-state index contributed by atoms with van der Waals surface area (Å²) in [6.07, 6.45) is 0.605. The van der Waals surface area contributed by atoms with Gasteiger partial charge < -0.3 is 15.7 Å². The molecule has 0 aliphatic carbocycles. The van der Waals surface area contributed by atoms with Crippen molar-refractivity contribution in [2.75, 3.05) is 6.54 Å². The Bertz CT molecular complexity index is 140. The van der Waals surface area contributed by atoms with Crippen LogP contribution in [0.5, 0.6) is 0 Å². The number of hydrogen-bond acceptors (Lipinski definition) is 3. The van der Waals surface area contributed by atoms with Gasteiger partial charge in [0.25, 0.3) is 0 Å². The first kappa shape index (κ1) is 9.96. The Morgan fingerprint density at radius 3 is 2.58 bits per heavy atom. The van der Waals surface area contributed by atoms with Gasteiger partial charge in [-0.05, 0) is 20.3 Å². The van der Waals surface area contributed by atoms with E-state index in [2.05, 4.69) is 24.5 Å². The summed E-state index contributed by atoms with van der Waals surface area (Å²) in [6.45, 7) is 7.19. The van der Waals surface area contributed by atoms with E-state index in [4.69, 9.17) is 0 Å². The third-order valence-electron chi connectivity index (χ3n) is 2.77. The molecule has 0 amide bonds. The van der Waals surface area contributed by atoms with Crippen molar-refractivity contribution in [3.63, 3.8) is 0 Å². The van der Waals surface area contributed by atoms with Crippen LogP contribution in [0.3, 0.4) is 0 Å². The maximum absolute atomic E-state index is 9.58. The molecule has 0 radical (unpaired) electrons. The van der Waals surface area contributed by atoms with Crippen molar-refractivity contribution in [2.45, 2.75) is 51.4 Å². The second-order valence-electron chi connectivity index (χ2n) is 3.73. The Balaban J connectivity index is 2.39. The van der Waals surface area contributed by atoms with Crippen LogP contribution < -0.4 is 10.6 Å². The summed E-state index contributed by atoms with van der Waals surface area (Å²) in [5.41, 5.74) is 0. The van der Waals surface area contributed by atoms with Crippen molar-refractivity contribution in [2.24, 2.45) is 0 Å². The molecule has 1 fully saturated rings. The molecule has 0 aromatic rings. The normalized spacial score (nSPS) is 39.5. The molecule has 72 valence electrons. The summed E-state index contributed by atoms with van der Waals surface area (Å²) in [5.74, 6) is 0. The van der Waals surface area contributed by atoms with E-state index >= 15 is 0 Å². The van der Waals surface area contributed by atoms with Crippen molar-refractivity contribution in [1.82, 2.24) is 10.6 Å². The van der Waals surface area contributed by atoms with E-state index in [9.17, 15) is 5.11 Å². The molecule has 0 aromatic carbocycles. The average molecular weight is 172 g/mol. The topological polar surface area (TPSA) is 44.3 Å². The predicted molar refractivity (Wildman–Crippen MR) is 50.1 cm³/mol. The number of aliphatic hydroxyl groups excluding tert-OH is 1. The second kappa shape index (κ2) is 4.21. The summed E-state index contributed by atoms with van der Waals surface area (Å²) >= 11 is 0. The van der Waals surface area contributed by atoms with Gasteiger partial charge in [-0.2, -0.15) is 0 Å². The van der Waals surface area contributed by atoms with Gasteiger partial charge >= 0.3 is 0 Å². The van der Waals surface area contributed by atoms with Crippen molar-refractivity contribution in [1.29, 1.82) is 0 Å². The quantitative estimate of drug-likeness (QED) is 0.553. The van der Waals surface area contributed by atoms with Crippen LogP contribution in [-0.2, 0) is 0 Å². The molecule has 0 saturated carbocycles. The lowest BCUT2D eigenvalue weighted by molar-refractivity contribution is 0.0979. The van der Waals surface area contributed by atoms with Crippen LogP contribution in [0.25, 0.3) is 0 Å². The Hall–Kier alpha value is -0.120. The Morgan fingerprint density at radius 2 is 2.08 bits per heavy atom. The zero-order chi connectivity index (χ0) is 9.14. The molecule has 0 aromatic heterocycles. The Kier molecular flexibility index (Phi) is 3.50. The van der Waals surface area contributed by atoms with Crippen LogP contribution >= 0.6 is 0 Å². The van der Waals surface area contributed by atoms with Gasteiger partial charge in [-0.3, -0.25) is 0 Å². The summed E-state index contributed by atoms with van der Waals surface area (Å²) < 4.78 is 0. The van der Waals surface area contributed by atoms with Crippen molar-refractivity contribution < 1.29 is 5.11 Å². The second-order valence-corrected chi connectivity index (χ2v) is 3.73. The molecule has 0 bridgehead atoms. The number of hydrogen-bond donors (Lipinski definition) is 3. The monoisotopic (exact) mass is 172 g/mol. The highest BCUT2D eigenvalue weighted by atomic mass is 16.3. The van der Waals surface area contributed by atoms with Crippen LogP contribution in [0, 0.1) is 0 Å². The fourth-order valence-electron chi connectivity index (χ4n) is 1.56. The third kappa shape index (κ3) is 2.19. The highest BCUT2D eigenvalue weighted by Gasteiger charge is 2.26. The fraction of sp³-hybridized carbons (Fsp3) is 1.00. The Labute approximate surface area is 74.5 Å². The molecule has 1 saturated heterocycles. The molecular formula is C9H20N2O. The van der Waals surface area contributed by atoms with Gasteiger partial charge in [0.15, 0.2) is 0 Å². The van der Waals surface area contributed by atoms with Crippen molar-refractivity contribution >= 4 is 0 Å². The van der Waals surface area contributed by atoms with Crippen molar-refractivity contribution in [3.8, 4) is 0 Å². The number of nitrogens with one attached hydrogen (secondary N) is 2. The van der Waals surface area contributed by atoms with Gasteiger partial charge in [-0.15, -0.1) is 0 Å². The minimum Gasteiger partial charge on any atom is -0.391 e. The van der Waals surface area contributed by atoms with Crippen LogP contribution in [-0.4, -0.2) is 35.9 Å². The average Bonchev–Trinajstić information content (AvgIpc) is 2.08. The van der Waals surface area contributed by atoms with Crippen LogP contribution in [0.1, 0.15) is 27.2 Å². The zero-order valence-electron chi connectivity index (χ0n) is 8.17. The van der Waals surface area contributed by atoms with Gasteiger partial charge in [0.2, 0.25) is 0 Å². The maximum Gasteiger partial charge on any atom is 0.0703 e. The molecule has 1 aliphatic heterocycles. The molecule has 1 rings (SSSR count). The minimum absolute atomic E-state index is 0.215. The lowest BCUT2D eigenvalue weighted by atomic mass is 10.0. The van der Waals surface area contributed by atoms with Gasteiger partial charge in [-0.25, -0.2) is 0 Å². The summed E-state index contributed by atoms with van der Waals surface area (Å²) in [4.78, 5) is 0. The van der Waals surface area contributed by atoms with Gasteiger partial charge in [0.05, 0.1) is 6.10 Å². The summed E-state index contributed by atoms with van der Waals surface area (Å²) in [5, 5.41) is 16.4. The molecule has 1 aliphatic rings. The largest absolute Gasteiger partial charge is 0.391 e. The first-order valence-corrected chi connectivity index (χ1v) is 4.82. The highest BCUT2D eigenvalue weighted by Crippen LogP contribution is 2.06. The van der Waals surface area contributed by atoms with E-state index in [1.165, 1.54) is 0 Å². The Morgan fingerprint density at radius 1 is 1.42 bits per heavy atom. The van der Waals surface area contributed by atoms with Crippen molar-refractivity contribution in [3.05, 3.63) is 0 Å². The third-order valence-corrected chi connectivity index (χ3v) is 2.77. The molecule has 0 spiro atoms. The van der Waals surface area contributed by atoms with E-state index in [-0.39, 0.29) is 12.1 Å². The zero-order valence-corrected chi connectivity index (χ0v) is 8.17. The molecule has 3 N–H and O–H groups in total. The number of rotatable bonds is 2. The summed E-state index contributed by atoms with van der Waals surface area (Å²) in [6, 6.07) is 1.18. The molecule has 4 unspecified atom stereocenters. The summed E-state index contributed by atoms with van der Waals surface area (Å²) in [7, 11) is 0. The lowest BCUT2D eigenvalue weighted by Gasteiger charge is -2.36. The van der Waals surface area contributed by atoms with E-state index in [1.807, 2.05) is 6.92 Å². The van der Waals surface area contributed by atoms with Crippen LogP contribution in [0.2, 0.25) is 0 Å². The lowest BCUT2D eigenvalue weighted by Crippen LogP contribution is -2.61. The number of aliphatic hydroxyl groups is 1. The molecular weight excluding hydrogens is 152 g/mol. The van der Waals surface area contributed by atoms with Gasteiger partial charge in [-0.1, -0.05) is 6.92 Å². The van der Waals surface area contributed by atoms with E-state index in [1.54, 1.807) is 0 Å². The smallest absolute Gasteiger partial charge is 0.0703 e. The number of piperazine rings is 1. The van der Waals surface area contributed by atoms with Gasteiger partial charge in [0.1, 0.15) is 0 Å². The molecule has 3 nitrogen and oxygen atoms in total. The fourth-order valence-corrected chi connectivity index (χ4v) is 1.56. The molecule has 3 heteroatoms. The standard InChI is InChI=1S/C9H20N2O/c1-4-9(12)8-5-10-6(2)7(3)11-8/h6-12H,4-5H2,1-3H3. The van der Waals surface area contributed by atoms with Crippen LogP contribution in [0.15, 0.2) is 0 Å². The van der Waals surface area contributed by atoms with Crippen LogP contribution in [0.4, 0.5) is 0 Å². The SMILES string of the molecule is CCC(O)C1CNC(C)C(C)N1. The van der Waals surface area contributed by atoms with Gasteiger partial charge in [0, 0.05) is 24.7 Å². The van der Waals surface area contributed by atoms with E-state index in [0.29, 0.717) is 12.1 Å². The maximum atomic E-state index is 9.58. The highest BCUT2D eigenvalue weighted by molar-refractivity contribution is 4.89. The predicted octanol–water partition coefficient (Wildman–Crippen LogP) is 0.0957. The van der Waals surface area contributed by atoms with E-state index < -0.39 is 0 Å². The minimum atomic E-state index is -0.215. The van der Waals surface area contributed by atoms with E-state index in [0.717, 1.165) is 13.0 Å². The first-order valence-electron chi connectivity index (χ1n) is 4.82. The molecule has 1 heterocycles. The first-order chi connectivity index (χ1) is 5.65.